The van der Waals surface area contributed by atoms with Crippen LogP contribution in [0.25, 0.3) is 0 Å². The van der Waals surface area contributed by atoms with Crippen molar-refractivity contribution in [3.8, 4) is 0 Å². The molecular formula is C10H16BrNO. The monoisotopic (exact) mass is 245 g/mol. The third-order valence-corrected chi connectivity index (χ3v) is 2.69. The van der Waals surface area contributed by atoms with Crippen molar-refractivity contribution in [2.24, 2.45) is 11.7 Å². The largest absolute Gasteiger partial charge is 0.466 e. The summed E-state index contributed by atoms with van der Waals surface area (Å²) in [4.78, 5) is 0. The molecule has 0 aliphatic rings. The second kappa shape index (κ2) is 4.82. The summed E-state index contributed by atoms with van der Waals surface area (Å²) in [5, 5.41) is 0. The number of nitrogens with two attached hydrogens (primary N) is 1. The first-order valence-corrected chi connectivity index (χ1v) is 5.39. The SMILES string of the molecule is CC(C)CCC(N)c1occc1Br. The van der Waals surface area contributed by atoms with Crippen LogP contribution < -0.4 is 5.73 Å². The molecule has 0 aliphatic carbocycles. The molecule has 0 amide bonds. The number of hydrogen-bond acceptors (Lipinski definition) is 2. The van der Waals surface area contributed by atoms with E-state index < -0.39 is 0 Å². The number of furan rings is 1. The minimum Gasteiger partial charge on any atom is -0.466 e. The zero-order valence-electron chi connectivity index (χ0n) is 8.09. The predicted molar refractivity (Wildman–Crippen MR) is 57.4 cm³/mol. The Hall–Kier alpha value is -0.280. The minimum atomic E-state index is 0.0202. The lowest BCUT2D eigenvalue weighted by Crippen LogP contribution is -2.10. The van der Waals surface area contributed by atoms with E-state index in [1.165, 1.54) is 0 Å². The van der Waals surface area contributed by atoms with Crippen molar-refractivity contribution in [2.45, 2.75) is 32.7 Å². The van der Waals surface area contributed by atoms with E-state index in [4.69, 9.17) is 10.2 Å². The molecule has 0 spiro atoms. The van der Waals surface area contributed by atoms with Crippen molar-refractivity contribution in [1.82, 2.24) is 0 Å². The van der Waals surface area contributed by atoms with Gasteiger partial charge in [0, 0.05) is 0 Å². The summed E-state index contributed by atoms with van der Waals surface area (Å²) in [5.41, 5.74) is 5.96. The Bertz CT molecular complexity index is 257. The highest BCUT2D eigenvalue weighted by Gasteiger charge is 2.13. The fraction of sp³-hybridized carbons (Fsp3) is 0.600. The Labute approximate surface area is 87.6 Å². The molecular weight excluding hydrogens is 230 g/mol. The molecule has 0 radical (unpaired) electrons. The molecule has 1 unspecified atom stereocenters. The standard InChI is InChI=1S/C10H16BrNO/c1-7(2)3-4-9(12)10-8(11)5-6-13-10/h5-7,9H,3-4,12H2,1-2H3. The summed E-state index contributed by atoms with van der Waals surface area (Å²) in [6.45, 7) is 4.40. The Morgan fingerprint density at radius 1 is 1.46 bits per heavy atom. The smallest absolute Gasteiger partial charge is 0.134 e. The van der Waals surface area contributed by atoms with Crippen molar-refractivity contribution in [3.63, 3.8) is 0 Å². The van der Waals surface area contributed by atoms with E-state index in [9.17, 15) is 0 Å². The molecule has 74 valence electrons. The van der Waals surface area contributed by atoms with Crippen LogP contribution in [-0.2, 0) is 0 Å². The maximum absolute atomic E-state index is 5.96. The summed E-state index contributed by atoms with van der Waals surface area (Å²) in [7, 11) is 0. The molecule has 0 bridgehead atoms. The van der Waals surface area contributed by atoms with E-state index in [1.54, 1.807) is 6.26 Å². The van der Waals surface area contributed by atoms with E-state index in [1.807, 2.05) is 6.07 Å². The van der Waals surface area contributed by atoms with Gasteiger partial charge in [0.15, 0.2) is 0 Å². The van der Waals surface area contributed by atoms with Crippen LogP contribution in [0.1, 0.15) is 38.5 Å². The van der Waals surface area contributed by atoms with Crippen molar-refractivity contribution in [3.05, 3.63) is 22.6 Å². The number of hydrogen-bond donors (Lipinski definition) is 1. The second-order valence-corrected chi connectivity index (χ2v) is 4.56. The van der Waals surface area contributed by atoms with Crippen molar-refractivity contribution < 1.29 is 4.42 Å². The van der Waals surface area contributed by atoms with Crippen LogP contribution in [-0.4, -0.2) is 0 Å². The lowest BCUT2D eigenvalue weighted by Gasteiger charge is -2.10. The van der Waals surface area contributed by atoms with E-state index in [0.29, 0.717) is 5.92 Å². The fourth-order valence-electron chi connectivity index (χ4n) is 1.21. The van der Waals surface area contributed by atoms with Gasteiger partial charge in [-0.15, -0.1) is 0 Å². The van der Waals surface area contributed by atoms with Crippen molar-refractivity contribution in [1.29, 1.82) is 0 Å². The molecule has 2 N–H and O–H groups in total. The molecule has 1 atom stereocenters. The molecule has 1 heterocycles. The van der Waals surface area contributed by atoms with Gasteiger partial charge in [-0.1, -0.05) is 13.8 Å². The normalized spacial score (nSPS) is 13.6. The van der Waals surface area contributed by atoms with Crippen molar-refractivity contribution in [2.75, 3.05) is 0 Å². The lowest BCUT2D eigenvalue weighted by molar-refractivity contribution is 0.422. The average molecular weight is 246 g/mol. The maximum Gasteiger partial charge on any atom is 0.134 e. The van der Waals surface area contributed by atoms with E-state index in [0.717, 1.165) is 23.1 Å². The first-order chi connectivity index (χ1) is 6.11. The summed E-state index contributed by atoms with van der Waals surface area (Å²) in [6, 6.07) is 1.90. The van der Waals surface area contributed by atoms with E-state index in [-0.39, 0.29) is 6.04 Å². The van der Waals surface area contributed by atoms with Gasteiger partial charge in [0.25, 0.3) is 0 Å². The van der Waals surface area contributed by atoms with Crippen LogP contribution in [0.3, 0.4) is 0 Å². The highest BCUT2D eigenvalue weighted by molar-refractivity contribution is 9.10. The second-order valence-electron chi connectivity index (χ2n) is 3.71. The van der Waals surface area contributed by atoms with Gasteiger partial charge >= 0.3 is 0 Å². The predicted octanol–water partition coefficient (Wildman–Crippen LogP) is 3.48. The topological polar surface area (TPSA) is 39.2 Å². The summed E-state index contributed by atoms with van der Waals surface area (Å²) in [5.74, 6) is 1.56. The highest BCUT2D eigenvalue weighted by atomic mass is 79.9. The van der Waals surface area contributed by atoms with Crippen LogP contribution in [0.15, 0.2) is 21.2 Å². The Balaban J connectivity index is 2.49. The first-order valence-electron chi connectivity index (χ1n) is 4.59. The zero-order chi connectivity index (χ0) is 9.84. The van der Waals surface area contributed by atoms with Gasteiger partial charge in [0.2, 0.25) is 0 Å². The molecule has 0 aliphatic heterocycles. The minimum absolute atomic E-state index is 0.0202. The van der Waals surface area contributed by atoms with Gasteiger partial charge in [0.05, 0.1) is 16.8 Å². The third kappa shape index (κ3) is 3.16. The molecule has 1 aromatic rings. The van der Waals surface area contributed by atoms with Gasteiger partial charge in [0.1, 0.15) is 5.76 Å². The van der Waals surface area contributed by atoms with Gasteiger partial charge in [-0.05, 0) is 40.8 Å². The number of rotatable bonds is 4. The van der Waals surface area contributed by atoms with Crippen LogP contribution >= 0.6 is 15.9 Å². The van der Waals surface area contributed by atoms with Gasteiger partial charge in [-0.3, -0.25) is 0 Å². The van der Waals surface area contributed by atoms with Crippen molar-refractivity contribution >= 4 is 15.9 Å². The Morgan fingerprint density at radius 2 is 2.15 bits per heavy atom. The Kier molecular flexibility index (Phi) is 4.00. The summed E-state index contributed by atoms with van der Waals surface area (Å²) < 4.78 is 6.26. The number of halogens is 1. The molecule has 0 saturated carbocycles. The molecule has 1 aromatic heterocycles. The van der Waals surface area contributed by atoms with Gasteiger partial charge in [-0.25, -0.2) is 0 Å². The Morgan fingerprint density at radius 3 is 2.62 bits per heavy atom. The van der Waals surface area contributed by atoms with Gasteiger partial charge < -0.3 is 10.2 Å². The molecule has 0 saturated heterocycles. The molecule has 0 fully saturated rings. The average Bonchev–Trinajstić information content (AvgIpc) is 2.47. The summed E-state index contributed by atoms with van der Waals surface area (Å²) in [6.07, 6.45) is 3.77. The van der Waals surface area contributed by atoms with Gasteiger partial charge in [-0.2, -0.15) is 0 Å². The molecule has 1 rings (SSSR count). The molecule has 3 heteroatoms. The zero-order valence-corrected chi connectivity index (χ0v) is 9.67. The van der Waals surface area contributed by atoms with Crippen LogP contribution in [0, 0.1) is 5.92 Å². The van der Waals surface area contributed by atoms with E-state index >= 15 is 0 Å². The van der Waals surface area contributed by atoms with Crippen LogP contribution in [0.2, 0.25) is 0 Å². The third-order valence-electron chi connectivity index (χ3n) is 2.04. The maximum atomic E-state index is 5.96. The lowest BCUT2D eigenvalue weighted by atomic mass is 10.0. The molecule has 2 nitrogen and oxygen atoms in total. The quantitative estimate of drug-likeness (QED) is 0.883. The highest BCUT2D eigenvalue weighted by Crippen LogP contribution is 2.26. The molecule has 13 heavy (non-hydrogen) atoms. The summed E-state index contributed by atoms with van der Waals surface area (Å²) >= 11 is 3.40. The fourth-order valence-corrected chi connectivity index (χ4v) is 1.71. The first kappa shape index (κ1) is 10.8. The van der Waals surface area contributed by atoms with Crippen LogP contribution in [0.5, 0.6) is 0 Å². The van der Waals surface area contributed by atoms with E-state index in [2.05, 4.69) is 29.8 Å². The molecule has 0 aromatic carbocycles. The van der Waals surface area contributed by atoms with Crippen LogP contribution in [0.4, 0.5) is 0 Å².